The zero-order chi connectivity index (χ0) is 25.8. The number of halogens is 5. The number of carboxylic acid groups (broad SMARTS) is 1. The fourth-order valence-corrected chi connectivity index (χ4v) is 4.41. The van der Waals surface area contributed by atoms with Gasteiger partial charge in [0.25, 0.3) is 5.91 Å². The van der Waals surface area contributed by atoms with Crippen molar-refractivity contribution in [2.24, 2.45) is 0 Å². The van der Waals surface area contributed by atoms with Gasteiger partial charge in [0.1, 0.15) is 11.5 Å². The van der Waals surface area contributed by atoms with Crippen molar-refractivity contribution in [3.63, 3.8) is 0 Å². The third-order valence-corrected chi connectivity index (χ3v) is 6.40. The standard InChI is InChI=1S/C25H16ClF4N3O3/c26-18-4-1-3-17(25(28,29)30)21(18)23(34)33-20-12-14(32-9-2-10-32)6-8-16(20)22(31-33)15-7-5-13(24(35)36)11-19(15)27/h1,3-8,11-12H,2,9-10H2,(H,35,36). The number of nitrogens with zero attached hydrogens (tertiary/aromatic N) is 3. The average molecular weight is 518 g/mol. The molecule has 1 aliphatic heterocycles. The van der Waals surface area contributed by atoms with Crippen molar-refractivity contribution in [1.82, 2.24) is 9.78 Å². The lowest BCUT2D eigenvalue weighted by atomic mass is 10.0. The monoisotopic (exact) mass is 517 g/mol. The van der Waals surface area contributed by atoms with Gasteiger partial charge >= 0.3 is 12.1 Å². The highest BCUT2D eigenvalue weighted by atomic mass is 35.5. The minimum absolute atomic E-state index is 0.0245. The second-order valence-corrected chi connectivity index (χ2v) is 8.67. The van der Waals surface area contributed by atoms with E-state index in [4.69, 9.17) is 16.7 Å². The van der Waals surface area contributed by atoms with E-state index in [2.05, 4.69) is 5.10 Å². The van der Waals surface area contributed by atoms with Crippen LogP contribution >= 0.6 is 11.6 Å². The van der Waals surface area contributed by atoms with Crippen LogP contribution in [-0.4, -0.2) is 39.9 Å². The van der Waals surface area contributed by atoms with E-state index in [1.807, 2.05) is 4.90 Å². The Morgan fingerprint density at radius 2 is 1.78 bits per heavy atom. The Hall–Kier alpha value is -3.92. The summed E-state index contributed by atoms with van der Waals surface area (Å²) in [6, 6.07) is 11.2. The summed E-state index contributed by atoms with van der Waals surface area (Å²) in [7, 11) is 0. The zero-order valence-corrected chi connectivity index (χ0v) is 19.1. The molecule has 1 saturated heterocycles. The summed E-state index contributed by atoms with van der Waals surface area (Å²) in [5.41, 5.74) is -1.53. The Kier molecular flexibility index (Phi) is 5.71. The number of anilines is 1. The minimum Gasteiger partial charge on any atom is -0.478 e. The smallest absolute Gasteiger partial charge is 0.417 e. The maximum atomic E-state index is 14.9. The van der Waals surface area contributed by atoms with Crippen molar-refractivity contribution >= 4 is 40.1 Å². The molecule has 0 atom stereocenters. The predicted molar refractivity (Wildman–Crippen MR) is 125 cm³/mol. The lowest BCUT2D eigenvalue weighted by Crippen LogP contribution is -2.36. The highest BCUT2D eigenvalue weighted by Gasteiger charge is 2.37. The summed E-state index contributed by atoms with van der Waals surface area (Å²) in [4.78, 5) is 26.7. The Bertz CT molecular complexity index is 1540. The molecule has 3 aromatic carbocycles. The highest BCUT2D eigenvalue weighted by Crippen LogP contribution is 2.38. The molecule has 0 aliphatic carbocycles. The summed E-state index contributed by atoms with van der Waals surface area (Å²) in [6.07, 6.45) is -3.89. The minimum atomic E-state index is -4.86. The molecule has 0 radical (unpaired) electrons. The molecule has 1 aliphatic rings. The van der Waals surface area contributed by atoms with Crippen LogP contribution in [0.4, 0.5) is 23.2 Å². The van der Waals surface area contributed by atoms with E-state index in [0.717, 1.165) is 48.1 Å². The molecule has 36 heavy (non-hydrogen) atoms. The van der Waals surface area contributed by atoms with E-state index in [9.17, 15) is 27.2 Å². The first-order chi connectivity index (χ1) is 17.1. The normalized spacial score (nSPS) is 13.6. The summed E-state index contributed by atoms with van der Waals surface area (Å²) in [6.45, 7) is 1.54. The van der Waals surface area contributed by atoms with Gasteiger partial charge < -0.3 is 10.0 Å². The molecule has 0 amide bonds. The van der Waals surface area contributed by atoms with Gasteiger partial charge in [-0.3, -0.25) is 4.79 Å². The maximum Gasteiger partial charge on any atom is 0.417 e. The number of hydrogen-bond acceptors (Lipinski definition) is 4. The fourth-order valence-electron chi connectivity index (χ4n) is 4.15. The van der Waals surface area contributed by atoms with E-state index >= 15 is 0 Å². The van der Waals surface area contributed by atoms with E-state index in [1.54, 1.807) is 18.2 Å². The van der Waals surface area contributed by atoms with E-state index in [-0.39, 0.29) is 22.3 Å². The van der Waals surface area contributed by atoms with Gasteiger partial charge in [-0.2, -0.15) is 23.0 Å². The molecular weight excluding hydrogens is 502 g/mol. The van der Waals surface area contributed by atoms with Crippen LogP contribution in [0.25, 0.3) is 22.2 Å². The van der Waals surface area contributed by atoms with Crippen LogP contribution in [0.15, 0.2) is 54.6 Å². The van der Waals surface area contributed by atoms with E-state index < -0.39 is 40.0 Å². The van der Waals surface area contributed by atoms with Gasteiger partial charge in [0, 0.05) is 29.7 Å². The summed E-state index contributed by atoms with van der Waals surface area (Å²) >= 11 is 6.06. The number of alkyl halides is 3. The van der Waals surface area contributed by atoms with Crippen molar-refractivity contribution in [3.8, 4) is 11.3 Å². The topological polar surface area (TPSA) is 75.4 Å². The molecule has 0 spiro atoms. The zero-order valence-electron chi connectivity index (χ0n) is 18.3. The predicted octanol–water partition coefficient (Wildman–Crippen LogP) is 6.11. The molecule has 1 aromatic heterocycles. The largest absolute Gasteiger partial charge is 0.478 e. The van der Waals surface area contributed by atoms with Crippen molar-refractivity contribution in [1.29, 1.82) is 0 Å². The molecule has 5 rings (SSSR count). The third-order valence-electron chi connectivity index (χ3n) is 6.08. The number of carboxylic acids is 1. The van der Waals surface area contributed by atoms with Gasteiger partial charge in [0.05, 0.1) is 27.2 Å². The van der Waals surface area contributed by atoms with E-state index in [0.29, 0.717) is 5.39 Å². The molecular formula is C25H16ClF4N3O3. The second kappa shape index (κ2) is 8.63. The molecule has 0 saturated carbocycles. The number of fused-ring (bicyclic) bond motifs is 1. The summed E-state index contributed by atoms with van der Waals surface area (Å²) in [5, 5.41) is 13.2. The molecule has 11 heteroatoms. The second-order valence-electron chi connectivity index (χ2n) is 8.27. The number of rotatable bonds is 4. The lowest BCUT2D eigenvalue weighted by Gasteiger charge is -2.33. The van der Waals surface area contributed by atoms with Gasteiger partial charge in [-0.1, -0.05) is 17.7 Å². The summed E-state index contributed by atoms with van der Waals surface area (Å²) in [5.74, 6) is -3.37. The Labute approximate surface area is 206 Å². The van der Waals surface area contributed by atoms with Crippen LogP contribution in [0, 0.1) is 5.82 Å². The number of carbonyl (C=O) groups excluding carboxylic acids is 1. The average Bonchev–Trinajstić information content (AvgIpc) is 3.15. The van der Waals surface area contributed by atoms with Gasteiger partial charge in [0.15, 0.2) is 0 Å². The van der Waals surface area contributed by atoms with Crippen molar-refractivity contribution < 1.29 is 32.3 Å². The number of aromatic carboxylic acids is 1. The van der Waals surface area contributed by atoms with Crippen LogP contribution < -0.4 is 4.90 Å². The molecule has 1 fully saturated rings. The maximum absolute atomic E-state index is 14.9. The highest BCUT2D eigenvalue weighted by molar-refractivity contribution is 6.34. The fraction of sp³-hybridized carbons (Fsp3) is 0.160. The number of carbonyl (C=O) groups is 2. The van der Waals surface area contributed by atoms with Crippen LogP contribution in [0.1, 0.15) is 32.7 Å². The SMILES string of the molecule is O=C(O)c1ccc(-c2nn(C(=O)c3c(Cl)cccc3C(F)(F)F)c3cc(N4CCC4)ccc23)c(F)c1. The Morgan fingerprint density at radius 1 is 1.03 bits per heavy atom. The number of benzene rings is 3. The lowest BCUT2D eigenvalue weighted by molar-refractivity contribution is -0.137. The molecule has 4 aromatic rings. The quantitative estimate of drug-likeness (QED) is 0.330. The van der Waals surface area contributed by atoms with Gasteiger partial charge in [0.2, 0.25) is 0 Å². The molecule has 0 bridgehead atoms. The van der Waals surface area contributed by atoms with Crippen molar-refractivity contribution in [2.45, 2.75) is 12.6 Å². The molecule has 0 unspecified atom stereocenters. The van der Waals surface area contributed by atoms with Crippen LogP contribution in [0.3, 0.4) is 0 Å². The van der Waals surface area contributed by atoms with Gasteiger partial charge in [-0.05, 0) is 55.0 Å². The first-order valence-corrected chi connectivity index (χ1v) is 11.2. The first kappa shape index (κ1) is 23.8. The van der Waals surface area contributed by atoms with Gasteiger partial charge in [-0.25, -0.2) is 9.18 Å². The first-order valence-electron chi connectivity index (χ1n) is 10.8. The molecule has 6 nitrogen and oxygen atoms in total. The van der Waals surface area contributed by atoms with Crippen LogP contribution in [-0.2, 0) is 6.18 Å². The van der Waals surface area contributed by atoms with Crippen LogP contribution in [0.5, 0.6) is 0 Å². The van der Waals surface area contributed by atoms with Crippen molar-refractivity contribution in [3.05, 3.63) is 82.1 Å². The third kappa shape index (κ3) is 3.97. The number of hydrogen-bond donors (Lipinski definition) is 1. The Morgan fingerprint density at radius 3 is 2.39 bits per heavy atom. The Balaban J connectivity index is 1.75. The van der Waals surface area contributed by atoms with Crippen molar-refractivity contribution in [2.75, 3.05) is 18.0 Å². The molecule has 2 heterocycles. The van der Waals surface area contributed by atoms with Gasteiger partial charge in [-0.15, -0.1) is 0 Å². The van der Waals surface area contributed by atoms with E-state index in [1.165, 1.54) is 18.2 Å². The van der Waals surface area contributed by atoms with Crippen LogP contribution in [0.2, 0.25) is 5.02 Å². The molecule has 184 valence electrons. The number of aromatic nitrogens is 2. The molecule has 1 N–H and O–H groups in total. The summed E-state index contributed by atoms with van der Waals surface area (Å²) < 4.78 is 56.9.